The topological polar surface area (TPSA) is 123 Å². The SMILES string of the molecule is CC(=O)c1ccc(NCc2nc(NC(=O)c3nc(N)c4sccc4n3)cc3ccccc23)cc1. The molecule has 0 bridgehead atoms. The third-order valence-corrected chi connectivity index (χ3v) is 6.27. The molecule has 3 heterocycles. The lowest BCUT2D eigenvalue weighted by Crippen LogP contribution is -2.18. The molecule has 5 aromatic rings. The van der Waals surface area contributed by atoms with Crippen molar-refractivity contribution in [3.8, 4) is 0 Å². The van der Waals surface area contributed by atoms with E-state index in [0.29, 0.717) is 23.4 Å². The van der Waals surface area contributed by atoms with Crippen LogP contribution in [0.3, 0.4) is 0 Å². The molecule has 9 heteroatoms. The van der Waals surface area contributed by atoms with Crippen LogP contribution in [0.25, 0.3) is 21.0 Å². The van der Waals surface area contributed by atoms with Crippen LogP contribution in [0.5, 0.6) is 0 Å². The van der Waals surface area contributed by atoms with Gasteiger partial charge in [-0.3, -0.25) is 9.59 Å². The lowest BCUT2D eigenvalue weighted by Gasteiger charge is -2.12. The number of nitrogen functional groups attached to an aromatic ring is 1. The fourth-order valence-corrected chi connectivity index (χ4v) is 4.37. The number of nitrogens with zero attached hydrogens (tertiary/aromatic N) is 3. The van der Waals surface area contributed by atoms with E-state index in [1.54, 1.807) is 18.2 Å². The predicted octanol–water partition coefficient (Wildman–Crippen LogP) is 4.89. The van der Waals surface area contributed by atoms with Gasteiger partial charge in [0, 0.05) is 16.6 Å². The van der Waals surface area contributed by atoms with E-state index in [1.165, 1.54) is 18.3 Å². The average Bonchev–Trinajstić information content (AvgIpc) is 3.32. The summed E-state index contributed by atoms with van der Waals surface area (Å²) >= 11 is 1.43. The number of hydrogen-bond donors (Lipinski definition) is 3. The van der Waals surface area contributed by atoms with Crippen LogP contribution in [-0.4, -0.2) is 26.6 Å². The number of fused-ring (bicyclic) bond motifs is 2. The van der Waals surface area contributed by atoms with Crippen LogP contribution >= 0.6 is 11.3 Å². The summed E-state index contributed by atoms with van der Waals surface area (Å²) in [5, 5.41) is 9.89. The summed E-state index contributed by atoms with van der Waals surface area (Å²) in [6.07, 6.45) is 0. The van der Waals surface area contributed by atoms with Gasteiger partial charge in [-0.1, -0.05) is 24.3 Å². The molecular formula is C25H20N6O2S. The zero-order chi connectivity index (χ0) is 23.7. The van der Waals surface area contributed by atoms with E-state index >= 15 is 0 Å². The number of anilines is 3. The molecule has 0 unspecified atom stereocenters. The first-order chi connectivity index (χ1) is 16.5. The van der Waals surface area contributed by atoms with E-state index < -0.39 is 5.91 Å². The molecule has 0 fully saturated rings. The smallest absolute Gasteiger partial charge is 0.294 e. The molecule has 1 amide bonds. The molecule has 5 rings (SSSR count). The number of pyridine rings is 1. The minimum atomic E-state index is -0.485. The van der Waals surface area contributed by atoms with Crippen LogP contribution in [-0.2, 0) is 6.54 Å². The first kappa shape index (κ1) is 21.5. The number of ketones is 1. The summed E-state index contributed by atoms with van der Waals surface area (Å²) in [7, 11) is 0. The standard InChI is InChI=1S/C25H20N6O2S/c1-14(32)15-6-8-17(9-7-15)27-13-20-18-5-3-2-4-16(18)12-21(28-20)30-25(33)24-29-19-10-11-34-22(19)23(26)31-24/h2-12,27H,13H2,1H3,(H2,26,29,31)(H,28,30,33). The quantitative estimate of drug-likeness (QED) is 0.303. The number of thiophene rings is 1. The predicted molar refractivity (Wildman–Crippen MR) is 135 cm³/mol. The molecule has 8 nitrogen and oxygen atoms in total. The van der Waals surface area contributed by atoms with E-state index in [1.807, 2.05) is 47.8 Å². The second kappa shape index (κ2) is 8.87. The molecule has 0 aliphatic carbocycles. The second-order valence-corrected chi connectivity index (χ2v) is 8.60. The molecule has 168 valence electrons. The Morgan fingerprint density at radius 2 is 1.79 bits per heavy atom. The van der Waals surface area contributed by atoms with Crippen LogP contribution in [0.1, 0.15) is 33.6 Å². The Labute approximate surface area is 198 Å². The Morgan fingerprint density at radius 1 is 1.00 bits per heavy atom. The van der Waals surface area contributed by atoms with Gasteiger partial charge in [0.25, 0.3) is 5.91 Å². The minimum absolute atomic E-state index is 0.0106. The number of nitrogens with one attached hydrogen (secondary N) is 2. The maximum Gasteiger partial charge on any atom is 0.294 e. The van der Waals surface area contributed by atoms with Gasteiger partial charge < -0.3 is 16.4 Å². The maximum absolute atomic E-state index is 12.9. The summed E-state index contributed by atoms with van der Waals surface area (Å²) in [6.45, 7) is 1.96. The molecule has 3 aromatic heterocycles. The fraction of sp³-hybridized carbons (Fsp3) is 0.0800. The van der Waals surface area contributed by atoms with Gasteiger partial charge in [0.2, 0.25) is 5.82 Å². The molecule has 0 aliphatic heterocycles. The molecule has 0 spiro atoms. The van der Waals surface area contributed by atoms with Crippen molar-refractivity contribution in [2.45, 2.75) is 13.5 Å². The monoisotopic (exact) mass is 468 g/mol. The molecular weight excluding hydrogens is 448 g/mol. The lowest BCUT2D eigenvalue weighted by molar-refractivity contribution is 0.100. The summed E-state index contributed by atoms with van der Waals surface area (Å²) in [6, 6.07) is 18.7. The highest BCUT2D eigenvalue weighted by Gasteiger charge is 2.15. The Kier molecular flexibility index (Phi) is 5.60. The van der Waals surface area contributed by atoms with Crippen molar-refractivity contribution in [2.24, 2.45) is 0 Å². The molecule has 0 saturated heterocycles. The van der Waals surface area contributed by atoms with Crippen molar-refractivity contribution >= 4 is 61.3 Å². The van der Waals surface area contributed by atoms with Gasteiger partial charge in [0.15, 0.2) is 5.78 Å². The Morgan fingerprint density at radius 3 is 2.59 bits per heavy atom. The largest absolute Gasteiger partial charge is 0.382 e. The zero-order valence-corrected chi connectivity index (χ0v) is 19.0. The Balaban J connectivity index is 1.41. The summed E-state index contributed by atoms with van der Waals surface area (Å²) in [5.74, 6) is 0.189. The van der Waals surface area contributed by atoms with Crippen molar-refractivity contribution in [3.05, 3.63) is 83.1 Å². The number of aromatic nitrogens is 3. The number of carbonyl (C=O) groups is 2. The van der Waals surface area contributed by atoms with Gasteiger partial charge >= 0.3 is 0 Å². The van der Waals surface area contributed by atoms with Crippen LogP contribution in [0.2, 0.25) is 0 Å². The van der Waals surface area contributed by atoms with Gasteiger partial charge in [0.05, 0.1) is 22.5 Å². The molecule has 2 aromatic carbocycles. The average molecular weight is 469 g/mol. The molecule has 0 radical (unpaired) electrons. The number of amides is 1. The van der Waals surface area contributed by atoms with Gasteiger partial charge in [0.1, 0.15) is 11.6 Å². The van der Waals surface area contributed by atoms with Gasteiger partial charge in [-0.05, 0) is 54.1 Å². The van der Waals surface area contributed by atoms with E-state index in [2.05, 4.69) is 25.6 Å². The Hall–Kier alpha value is -4.37. The molecule has 4 N–H and O–H groups in total. The zero-order valence-electron chi connectivity index (χ0n) is 18.2. The van der Waals surface area contributed by atoms with E-state index in [4.69, 9.17) is 5.73 Å². The normalized spacial score (nSPS) is 11.0. The van der Waals surface area contributed by atoms with E-state index in [9.17, 15) is 9.59 Å². The van der Waals surface area contributed by atoms with Crippen molar-refractivity contribution < 1.29 is 9.59 Å². The summed E-state index contributed by atoms with van der Waals surface area (Å²) in [5.41, 5.74) is 8.90. The number of hydrogen-bond acceptors (Lipinski definition) is 8. The van der Waals surface area contributed by atoms with E-state index in [-0.39, 0.29) is 17.4 Å². The first-order valence-corrected chi connectivity index (χ1v) is 11.4. The van der Waals surface area contributed by atoms with Crippen molar-refractivity contribution in [2.75, 3.05) is 16.4 Å². The van der Waals surface area contributed by atoms with Crippen LogP contribution in [0.4, 0.5) is 17.3 Å². The highest BCUT2D eigenvalue weighted by Crippen LogP contribution is 2.25. The highest BCUT2D eigenvalue weighted by atomic mass is 32.1. The van der Waals surface area contributed by atoms with Crippen LogP contribution in [0.15, 0.2) is 66.0 Å². The third-order valence-electron chi connectivity index (χ3n) is 5.35. The first-order valence-electron chi connectivity index (χ1n) is 10.5. The van der Waals surface area contributed by atoms with Gasteiger partial charge in [-0.15, -0.1) is 11.3 Å². The van der Waals surface area contributed by atoms with Gasteiger partial charge in [-0.25, -0.2) is 15.0 Å². The number of Topliss-reactive ketones (excluding diaryl/α,β-unsaturated/α-hetero) is 1. The molecule has 0 atom stereocenters. The maximum atomic E-state index is 12.9. The van der Waals surface area contributed by atoms with Gasteiger partial charge in [-0.2, -0.15) is 0 Å². The highest BCUT2D eigenvalue weighted by molar-refractivity contribution is 7.17. The lowest BCUT2D eigenvalue weighted by atomic mass is 10.1. The molecule has 0 saturated carbocycles. The molecule has 34 heavy (non-hydrogen) atoms. The number of carbonyl (C=O) groups excluding carboxylic acids is 2. The number of nitrogens with two attached hydrogens (primary N) is 1. The van der Waals surface area contributed by atoms with Crippen LogP contribution < -0.4 is 16.4 Å². The summed E-state index contributed by atoms with van der Waals surface area (Å²) in [4.78, 5) is 37.5. The van der Waals surface area contributed by atoms with Crippen LogP contribution in [0, 0.1) is 0 Å². The fourth-order valence-electron chi connectivity index (χ4n) is 3.64. The second-order valence-electron chi connectivity index (χ2n) is 7.68. The minimum Gasteiger partial charge on any atom is -0.382 e. The van der Waals surface area contributed by atoms with E-state index in [0.717, 1.165) is 26.9 Å². The van der Waals surface area contributed by atoms with Crippen molar-refractivity contribution in [1.82, 2.24) is 15.0 Å². The third kappa shape index (κ3) is 4.28. The van der Waals surface area contributed by atoms with Crippen molar-refractivity contribution in [1.29, 1.82) is 0 Å². The number of benzene rings is 2. The van der Waals surface area contributed by atoms with Crippen molar-refractivity contribution in [3.63, 3.8) is 0 Å². The number of rotatable bonds is 6. The Bertz CT molecular complexity index is 1540. The summed E-state index contributed by atoms with van der Waals surface area (Å²) < 4.78 is 0.755. The molecule has 0 aliphatic rings.